The number of carbonyl (C=O) groups is 1. The van der Waals surface area contributed by atoms with Crippen LogP contribution in [-0.4, -0.2) is 24.2 Å². The maximum atomic E-state index is 10.8. The van der Waals surface area contributed by atoms with Gasteiger partial charge in [0.15, 0.2) is 0 Å². The summed E-state index contributed by atoms with van der Waals surface area (Å²) in [7, 11) is 0. The van der Waals surface area contributed by atoms with Crippen LogP contribution in [0.5, 0.6) is 0 Å². The van der Waals surface area contributed by atoms with E-state index >= 15 is 0 Å². The van der Waals surface area contributed by atoms with Crippen molar-refractivity contribution in [3.05, 3.63) is 12.2 Å². The van der Waals surface area contributed by atoms with Crippen LogP contribution in [0.15, 0.2) is 12.2 Å². The number of piperidine rings is 1. The van der Waals surface area contributed by atoms with Crippen LogP contribution in [0.2, 0.25) is 0 Å². The Morgan fingerprint density at radius 1 is 1.06 bits per heavy atom. The SMILES string of the molecule is O=C(O)C1CCC(C=CC2CCCNC2)CC1. The minimum absolute atomic E-state index is 0.0870. The van der Waals surface area contributed by atoms with Crippen molar-refractivity contribution in [1.29, 1.82) is 0 Å². The fraction of sp³-hybridized carbons (Fsp3) is 0.786. The van der Waals surface area contributed by atoms with Gasteiger partial charge in [0.05, 0.1) is 5.92 Å². The van der Waals surface area contributed by atoms with Gasteiger partial charge in [-0.15, -0.1) is 0 Å². The summed E-state index contributed by atoms with van der Waals surface area (Å²) >= 11 is 0. The monoisotopic (exact) mass is 237 g/mol. The molecule has 2 rings (SSSR count). The molecule has 2 fully saturated rings. The fourth-order valence-electron chi connectivity index (χ4n) is 2.92. The first-order valence-corrected chi connectivity index (χ1v) is 6.87. The van der Waals surface area contributed by atoms with Gasteiger partial charge in [-0.05, 0) is 56.9 Å². The summed E-state index contributed by atoms with van der Waals surface area (Å²) < 4.78 is 0. The summed E-state index contributed by atoms with van der Waals surface area (Å²) in [5, 5.41) is 12.3. The molecular weight excluding hydrogens is 214 g/mol. The number of hydrogen-bond acceptors (Lipinski definition) is 2. The standard InChI is InChI=1S/C14H23NO2/c16-14(17)13-7-5-11(6-8-13)3-4-12-2-1-9-15-10-12/h3-4,11-13,15H,1-2,5-10H2,(H,16,17). The molecule has 1 heterocycles. The van der Waals surface area contributed by atoms with Crippen LogP contribution in [0.4, 0.5) is 0 Å². The Morgan fingerprint density at radius 3 is 2.35 bits per heavy atom. The first kappa shape index (κ1) is 12.6. The third kappa shape index (κ3) is 3.84. The Kier molecular flexibility index (Phi) is 4.60. The van der Waals surface area contributed by atoms with Gasteiger partial charge < -0.3 is 10.4 Å². The van der Waals surface area contributed by atoms with E-state index in [2.05, 4.69) is 17.5 Å². The molecule has 1 aliphatic heterocycles. The van der Waals surface area contributed by atoms with Gasteiger partial charge in [0, 0.05) is 6.54 Å². The van der Waals surface area contributed by atoms with E-state index in [0.29, 0.717) is 11.8 Å². The molecule has 0 aromatic heterocycles. The van der Waals surface area contributed by atoms with Crippen LogP contribution < -0.4 is 5.32 Å². The van der Waals surface area contributed by atoms with Crippen LogP contribution in [0.1, 0.15) is 38.5 Å². The van der Waals surface area contributed by atoms with Gasteiger partial charge in [-0.1, -0.05) is 12.2 Å². The van der Waals surface area contributed by atoms with Crippen molar-refractivity contribution >= 4 is 5.97 Å². The number of nitrogens with one attached hydrogen (secondary N) is 1. The molecule has 3 nitrogen and oxygen atoms in total. The molecule has 3 heteroatoms. The van der Waals surface area contributed by atoms with Gasteiger partial charge >= 0.3 is 5.97 Å². The van der Waals surface area contributed by atoms with Crippen molar-refractivity contribution in [2.24, 2.45) is 17.8 Å². The molecular formula is C14H23NO2. The molecule has 1 unspecified atom stereocenters. The molecule has 96 valence electrons. The van der Waals surface area contributed by atoms with Crippen LogP contribution in [0.25, 0.3) is 0 Å². The van der Waals surface area contributed by atoms with Gasteiger partial charge in [0.25, 0.3) is 0 Å². The Bertz CT molecular complexity index is 274. The second-order valence-corrected chi connectivity index (χ2v) is 5.44. The lowest BCUT2D eigenvalue weighted by Crippen LogP contribution is -2.28. The van der Waals surface area contributed by atoms with E-state index < -0.39 is 5.97 Å². The summed E-state index contributed by atoms with van der Waals surface area (Å²) in [4.78, 5) is 10.8. The van der Waals surface area contributed by atoms with Crippen molar-refractivity contribution in [2.45, 2.75) is 38.5 Å². The largest absolute Gasteiger partial charge is 0.481 e. The number of hydrogen-bond donors (Lipinski definition) is 2. The third-order valence-corrected chi connectivity index (χ3v) is 4.11. The highest BCUT2D eigenvalue weighted by molar-refractivity contribution is 5.70. The zero-order chi connectivity index (χ0) is 12.1. The highest BCUT2D eigenvalue weighted by Crippen LogP contribution is 2.30. The Balaban J connectivity index is 1.73. The van der Waals surface area contributed by atoms with E-state index in [0.717, 1.165) is 38.8 Å². The normalized spacial score (nSPS) is 34.9. The lowest BCUT2D eigenvalue weighted by Gasteiger charge is -2.25. The molecule has 2 aliphatic rings. The Labute approximate surface area is 103 Å². The van der Waals surface area contributed by atoms with Crippen LogP contribution in [0.3, 0.4) is 0 Å². The summed E-state index contributed by atoms with van der Waals surface area (Å²) in [6.45, 7) is 2.27. The summed E-state index contributed by atoms with van der Waals surface area (Å²) in [6.07, 6.45) is 11.1. The van der Waals surface area contributed by atoms with Crippen LogP contribution in [-0.2, 0) is 4.79 Å². The second-order valence-electron chi connectivity index (χ2n) is 5.44. The van der Waals surface area contributed by atoms with Gasteiger partial charge in [0.2, 0.25) is 0 Å². The minimum Gasteiger partial charge on any atom is -0.481 e. The lowest BCUT2D eigenvalue weighted by molar-refractivity contribution is -0.142. The highest BCUT2D eigenvalue weighted by Gasteiger charge is 2.24. The van der Waals surface area contributed by atoms with E-state index in [1.54, 1.807) is 0 Å². The quantitative estimate of drug-likeness (QED) is 0.741. The molecule has 1 saturated carbocycles. The molecule has 2 N–H and O–H groups in total. The predicted octanol–water partition coefficient (Wildman–Crippen LogP) is 2.43. The maximum Gasteiger partial charge on any atom is 0.306 e. The van der Waals surface area contributed by atoms with Crippen LogP contribution in [0, 0.1) is 17.8 Å². The molecule has 0 aromatic carbocycles. The zero-order valence-corrected chi connectivity index (χ0v) is 10.4. The number of carboxylic acids is 1. The van der Waals surface area contributed by atoms with Gasteiger partial charge in [-0.25, -0.2) is 0 Å². The number of carboxylic acid groups (broad SMARTS) is 1. The first-order valence-electron chi connectivity index (χ1n) is 6.87. The molecule has 17 heavy (non-hydrogen) atoms. The van der Waals surface area contributed by atoms with E-state index in [1.165, 1.54) is 12.8 Å². The first-order chi connectivity index (χ1) is 8.25. The predicted molar refractivity (Wildman–Crippen MR) is 67.8 cm³/mol. The molecule has 0 amide bonds. The van der Waals surface area contributed by atoms with Gasteiger partial charge in [-0.2, -0.15) is 0 Å². The van der Waals surface area contributed by atoms with Crippen molar-refractivity contribution in [2.75, 3.05) is 13.1 Å². The average Bonchev–Trinajstić information content (AvgIpc) is 2.38. The number of aliphatic carboxylic acids is 1. The molecule has 1 saturated heterocycles. The van der Waals surface area contributed by atoms with Crippen molar-refractivity contribution in [1.82, 2.24) is 5.32 Å². The summed E-state index contributed by atoms with van der Waals surface area (Å²) in [6, 6.07) is 0. The number of allylic oxidation sites excluding steroid dienone is 1. The van der Waals surface area contributed by atoms with Gasteiger partial charge in [-0.3, -0.25) is 4.79 Å². The molecule has 1 atom stereocenters. The smallest absolute Gasteiger partial charge is 0.306 e. The average molecular weight is 237 g/mol. The highest BCUT2D eigenvalue weighted by atomic mass is 16.4. The molecule has 0 spiro atoms. The lowest BCUT2D eigenvalue weighted by atomic mass is 9.81. The summed E-state index contributed by atoms with van der Waals surface area (Å²) in [5.74, 6) is 0.619. The van der Waals surface area contributed by atoms with Crippen molar-refractivity contribution < 1.29 is 9.90 Å². The molecule has 0 aromatic rings. The van der Waals surface area contributed by atoms with E-state index in [4.69, 9.17) is 5.11 Å². The molecule has 0 radical (unpaired) electrons. The van der Waals surface area contributed by atoms with E-state index in [1.807, 2.05) is 0 Å². The van der Waals surface area contributed by atoms with Crippen molar-refractivity contribution in [3.8, 4) is 0 Å². The maximum absolute atomic E-state index is 10.8. The topological polar surface area (TPSA) is 49.3 Å². The second kappa shape index (κ2) is 6.20. The Hall–Kier alpha value is -0.830. The van der Waals surface area contributed by atoms with Crippen LogP contribution >= 0.6 is 0 Å². The van der Waals surface area contributed by atoms with E-state index in [-0.39, 0.29) is 5.92 Å². The van der Waals surface area contributed by atoms with Crippen molar-refractivity contribution in [3.63, 3.8) is 0 Å². The molecule has 0 bridgehead atoms. The third-order valence-electron chi connectivity index (χ3n) is 4.11. The number of rotatable bonds is 3. The Morgan fingerprint density at radius 2 is 1.76 bits per heavy atom. The minimum atomic E-state index is -0.607. The summed E-state index contributed by atoms with van der Waals surface area (Å²) in [5.41, 5.74) is 0. The fourth-order valence-corrected chi connectivity index (χ4v) is 2.92. The molecule has 1 aliphatic carbocycles. The van der Waals surface area contributed by atoms with E-state index in [9.17, 15) is 4.79 Å². The van der Waals surface area contributed by atoms with Gasteiger partial charge in [0.1, 0.15) is 0 Å². The zero-order valence-electron chi connectivity index (χ0n) is 10.4.